The molecule has 5 aromatic rings. The lowest BCUT2D eigenvalue weighted by Crippen LogP contribution is -2.16. The highest BCUT2D eigenvalue weighted by Gasteiger charge is 2.16. The van der Waals surface area contributed by atoms with Crippen LogP contribution in [0.4, 0.5) is 0 Å². The molecule has 0 unspecified atom stereocenters. The first kappa shape index (κ1) is 31.1. The fourth-order valence-corrected chi connectivity index (χ4v) is 5.32. The normalized spacial score (nSPS) is 10.0. The van der Waals surface area contributed by atoms with E-state index in [4.69, 9.17) is 0 Å². The van der Waals surface area contributed by atoms with Crippen LogP contribution < -0.4 is 10.6 Å². The van der Waals surface area contributed by atoms with E-state index in [9.17, 15) is 10.5 Å². The van der Waals surface area contributed by atoms with Crippen LogP contribution in [0.5, 0.6) is 0 Å². The topological polar surface area (TPSA) is 71.6 Å². The van der Waals surface area contributed by atoms with E-state index in [1.165, 1.54) is 0 Å². The zero-order valence-corrected chi connectivity index (χ0v) is 25.6. The Morgan fingerprint density at radius 2 is 0.761 bits per heavy atom. The molecule has 0 aromatic heterocycles. The predicted octanol–water partition coefficient (Wildman–Crippen LogP) is 8.94. The lowest BCUT2D eigenvalue weighted by Gasteiger charge is -2.16. The lowest BCUT2D eigenvalue weighted by molar-refractivity contribution is 0.809. The highest BCUT2D eigenvalue weighted by Crippen LogP contribution is 2.30. The Morgan fingerprint density at radius 3 is 1.04 bits per heavy atom. The molecular formula is C42H34N4. The maximum atomic E-state index is 10.3. The van der Waals surface area contributed by atoms with Gasteiger partial charge in [-0.05, 0) is 33.4 Å². The van der Waals surface area contributed by atoms with Gasteiger partial charge in [0, 0.05) is 35.6 Å². The van der Waals surface area contributed by atoms with Crippen LogP contribution in [0.25, 0.3) is 11.1 Å². The molecule has 46 heavy (non-hydrogen) atoms. The number of rotatable bonds is 12. The van der Waals surface area contributed by atoms with Gasteiger partial charge in [0.2, 0.25) is 0 Å². The van der Waals surface area contributed by atoms with Crippen LogP contribution in [0.1, 0.15) is 33.4 Å². The monoisotopic (exact) mass is 594 g/mol. The van der Waals surface area contributed by atoms with Gasteiger partial charge in [-0.15, -0.1) is 0 Å². The first-order valence-corrected chi connectivity index (χ1v) is 15.0. The molecular weight excluding hydrogens is 560 g/mol. The van der Waals surface area contributed by atoms with Crippen molar-refractivity contribution in [3.8, 4) is 12.1 Å². The minimum Gasteiger partial charge on any atom is -0.380 e. The van der Waals surface area contributed by atoms with Crippen molar-refractivity contribution in [2.24, 2.45) is 0 Å². The first-order chi connectivity index (χ1) is 22.6. The Hall–Kier alpha value is -6.36. The summed E-state index contributed by atoms with van der Waals surface area (Å²) >= 11 is 0. The Labute approximate surface area is 271 Å². The van der Waals surface area contributed by atoms with Gasteiger partial charge in [-0.3, -0.25) is 0 Å². The van der Waals surface area contributed by atoms with Gasteiger partial charge in [-0.25, -0.2) is 0 Å². The van der Waals surface area contributed by atoms with Gasteiger partial charge in [0.1, 0.15) is 12.1 Å². The molecule has 5 rings (SSSR count). The Balaban J connectivity index is 1.33. The molecule has 222 valence electrons. The molecule has 0 radical (unpaired) electrons. The summed E-state index contributed by atoms with van der Waals surface area (Å²) in [6.07, 6.45) is 0. The molecule has 0 atom stereocenters. The smallest absolute Gasteiger partial charge is 0.102 e. The molecule has 0 bridgehead atoms. The maximum Gasteiger partial charge on any atom is 0.102 e. The minimum absolute atomic E-state index is 0.491. The average molecular weight is 595 g/mol. The summed E-state index contributed by atoms with van der Waals surface area (Å²) in [5.41, 5.74) is 9.67. The van der Waals surface area contributed by atoms with Crippen LogP contribution in [-0.4, -0.2) is 0 Å². The van der Waals surface area contributed by atoms with E-state index in [0.717, 1.165) is 44.5 Å². The van der Waals surface area contributed by atoms with Crippen molar-refractivity contribution in [2.45, 2.75) is 13.1 Å². The molecule has 0 fully saturated rings. The predicted molar refractivity (Wildman–Crippen MR) is 187 cm³/mol. The summed E-state index contributed by atoms with van der Waals surface area (Å²) < 4.78 is 0. The van der Waals surface area contributed by atoms with Crippen LogP contribution in [-0.2, 0) is 13.1 Å². The van der Waals surface area contributed by atoms with Crippen molar-refractivity contribution in [3.63, 3.8) is 0 Å². The molecule has 0 aliphatic rings. The molecule has 0 aliphatic heterocycles. The molecule has 4 nitrogen and oxygen atoms in total. The first-order valence-electron chi connectivity index (χ1n) is 15.0. The van der Waals surface area contributed by atoms with Gasteiger partial charge in [0.05, 0.1) is 11.1 Å². The third-order valence-electron chi connectivity index (χ3n) is 7.58. The van der Waals surface area contributed by atoms with Crippen molar-refractivity contribution in [3.05, 3.63) is 215 Å². The van der Waals surface area contributed by atoms with E-state index in [1.807, 2.05) is 140 Å². The molecule has 0 aliphatic carbocycles. The van der Waals surface area contributed by atoms with Gasteiger partial charge in [0.15, 0.2) is 0 Å². The fourth-order valence-electron chi connectivity index (χ4n) is 5.32. The van der Waals surface area contributed by atoms with E-state index in [2.05, 4.69) is 42.0 Å². The Morgan fingerprint density at radius 1 is 0.457 bits per heavy atom. The fraction of sp³-hybridized carbons (Fsp3) is 0.0476. The Kier molecular flexibility index (Phi) is 10.4. The number of allylic oxidation sites excluding steroid dienone is 2. The zero-order valence-electron chi connectivity index (χ0n) is 25.6. The lowest BCUT2D eigenvalue weighted by atomic mass is 9.92. The van der Waals surface area contributed by atoms with Gasteiger partial charge >= 0.3 is 0 Å². The van der Waals surface area contributed by atoms with Crippen molar-refractivity contribution < 1.29 is 0 Å². The second-order valence-electron chi connectivity index (χ2n) is 10.7. The van der Waals surface area contributed by atoms with E-state index in [0.29, 0.717) is 35.6 Å². The second kappa shape index (κ2) is 15.4. The number of hydrogen-bond acceptors (Lipinski definition) is 4. The summed E-state index contributed by atoms with van der Waals surface area (Å²) in [6, 6.07) is 52.6. The van der Waals surface area contributed by atoms with E-state index >= 15 is 0 Å². The standard InChI is InChI=1S/C42H34N4/c1-31(39(27-43)41(35-18-7-3-8-19-35)36-20-9-4-10-21-36)45-29-33-16-15-17-34(26-33)30-46-32(2)40(28-44)42(37-22-11-5-12-23-37)38-24-13-6-14-25-38/h3-26,45-46H,1-2,29-30H2. The van der Waals surface area contributed by atoms with Crippen molar-refractivity contribution in [1.29, 1.82) is 10.5 Å². The average Bonchev–Trinajstić information content (AvgIpc) is 3.12. The van der Waals surface area contributed by atoms with E-state index in [1.54, 1.807) is 0 Å². The molecule has 0 saturated carbocycles. The van der Waals surface area contributed by atoms with Gasteiger partial charge in [-0.1, -0.05) is 159 Å². The SMILES string of the molecule is C=C(NCc1cccc(CNC(=C)C(C#N)=C(c2ccccc2)c2ccccc2)c1)C(C#N)=C(c1ccccc1)c1ccccc1. The number of nitrogens with one attached hydrogen (secondary N) is 2. The zero-order chi connectivity index (χ0) is 32.1. The highest BCUT2D eigenvalue weighted by atomic mass is 14.9. The van der Waals surface area contributed by atoms with Crippen molar-refractivity contribution in [1.82, 2.24) is 10.6 Å². The number of nitrogens with zero attached hydrogens (tertiary/aromatic N) is 2. The van der Waals surface area contributed by atoms with Crippen LogP contribution >= 0.6 is 0 Å². The summed E-state index contributed by atoms with van der Waals surface area (Å²) in [6.45, 7) is 9.46. The summed E-state index contributed by atoms with van der Waals surface area (Å²) in [4.78, 5) is 0. The molecule has 4 heteroatoms. The number of nitriles is 2. The molecule has 2 N–H and O–H groups in total. The Bertz CT molecular complexity index is 1730. The number of benzene rings is 5. The number of hydrogen-bond donors (Lipinski definition) is 2. The summed E-state index contributed by atoms with van der Waals surface area (Å²) in [5, 5.41) is 27.3. The minimum atomic E-state index is 0.491. The third kappa shape index (κ3) is 7.58. The third-order valence-corrected chi connectivity index (χ3v) is 7.58. The van der Waals surface area contributed by atoms with Gasteiger partial charge in [-0.2, -0.15) is 10.5 Å². The van der Waals surface area contributed by atoms with Gasteiger partial charge < -0.3 is 10.6 Å². The van der Waals surface area contributed by atoms with Crippen LogP contribution in [0.15, 0.2) is 181 Å². The molecule has 0 amide bonds. The second-order valence-corrected chi connectivity index (χ2v) is 10.7. The van der Waals surface area contributed by atoms with Gasteiger partial charge in [0.25, 0.3) is 0 Å². The summed E-state index contributed by atoms with van der Waals surface area (Å²) in [7, 11) is 0. The largest absolute Gasteiger partial charge is 0.380 e. The maximum absolute atomic E-state index is 10.3. The van der Waals surface area contributed by atoms with E-state index in [-0.39, 0.29) is 0 Å². The van der Waals surface area contributed by atoms with E-state index < -0.39 is 0 Å². The highest BCUT2D eigenvalue weighted by molar-refractivity contribution is 5.87. The van der Waals surface area contributed by atoms with Crippen molar-refractivity contribution >= 4 is 11.1 Å². The van der Waals surface area contributed by atoms with Crippen LogP contribution in [0.3, 0.4) is 0 Å². The van der Waals surface area contributed by atoms with Crippen LogP contribution in [0.2, 0.25) is 0 Å². The summed E-state index contributed by atoms with van der Waals surface area (Å²) in [5.74, 6) is 0. The molecule has 5 aromatic carbocycles. The quantitative estimate of drug-likeness (QED) is 0.112. The molecule has 0 heterocycles. The molecule has 0 spiro atoms. The van der Waals surface area contributed by atoms with Crippen molar-refractivity contribution in [2.75, 3.05) is 0 Å². The molecule has 0 saturated heterocycles. The van der Waals surface area contributed by atoms with Crippen LogP contribution in [0, 0.1) is 22.7 Å².